The van der Waals surface area contributed by atoms with Crippen molar-refractivity contribution in [3.8, 4) is 11.1 Å². The Bertz CT molecular complexity index is 854. The van der Waals surface area contributed by atoms with Gasteiger partial charge in [0.05, 0.1) is 0 Å². The van der Waals surface area contributed by atoms with Gasteiger partial charge in [0.25, 0.3) is 5.91 Å². The molecule has 3 heteroatoms. The molecule has 3 nitrogen and oxygen atoms in total. The zero-order valence-corrected chi connectivity index (χ0v) is 13.9. The van der Waals surface area contributed by atoms with E-state index in [0.29, 0.717) is 5.56 Å². The van der Waals surface area contributed by atoms with E-state index in [9.17, 15) is 4.79 Å². The molecule has 1 N–H and O–H groups in total. The van der Waals surface area contributed by atoms with E-state index < -0.39 is 0 Å². The number of carbonyl (C=O) groups is 1. The minimum atomic E-state index is -0.114. The second-order valence-corrected chi connectivity index (χ2v) is 5.73. The summed E-state index contributed by atoms with van der Waals surface area (Å²) in [6.07, 6.45) is 4.32. The molecule has 3 aromatic rings. The van der Waals surface area contributed by atoms with Crippen molar-refractivity contribution in [3.05, 3.63) is 83.7 Å². The molecule has 0 aliphatic rings. The summed E-state index contributed by atoms with van der Waals surface area (Å²) in [4.78, 5) is 16.4. The van der Waals surface area contributed by atoms with Crippen LogP contribution >= 0.6 is 0 Å². The van der Waals surface area contributed by atoms with Crippen molar-refractivity contribution in [1.29, 1.82) is 0 Å². The van der Waals surface area contributed by atoms with Gasteiger partial charge in [0, 0.05) is 23.6 Å². The van der Waals surface area contributed by atoms with Crippen LogP contribution in [-0.4, -0.2) is 10.9 Å². The summed E-state index contributed by atoms with van der Waals surface area (Å²) in [5.74, 6) is -0.114. The summed E-state index contributed by atoms with van der Waals surface area (Å²) < 4.78 is 0. The van der Waals surface area contributed by atoms with Crippen molar-refractivity contribution in [1.82, 2.24) is 4.98 Å². The van der Waals surface area contributed by atoms with E-state index in [1.165, 1.54) is 11.1 Å². The average Bonchev–Trinajstić information content (AvgIpc) is 2.62. The van der Waals surface area contributed by atoms with Crippen molar-refractivity contribution < 1.29 is 4.79 Å². The summed E-state index contributed by atoms with van der Waals surface area (Å²) in [5.41, 5.74) is 6.01. The number of hydrogen-bond acceptors (Lipinski definition) is 2. The highest BCUT2D eigenvalue weighted by Crippen LogP contribution is 2.25. The molecule has 1 aromatic heterocycles. The van der Waals surface area contributed by atoms with Crippen molar-refractivity contribution in [3.63, 3.8) is 0 Å². The molecule has 0 atom stereocenters. The number of benzene rings is 2. The molecule has 2 aromatic carbocycles. The Labute approximate surface area is 142 Å². The molecular formula is C21H20N2O. The van der Waals surface area contributed by atoms with Crippen LogP contribution in [0, 0.1) is 6.92 Å². The number of nitrogens with one attached hydrogen (secondary N) is 1. The number of anilines is 1. The normalized spacial score (nSPS) is 10.4. The third-order valence-corrected chi connectivity index (χ3v) is 4.12. The van der Waals surface area contributed by atoms with Crippen LogP contribution in [0.15, 0.2) is 67.0 Å². The molecular weight excluding hydrogens is 296 g/mol. The Balaban J connectivity index is 1.80. The fourth-order valence-corrected chi connectivity index (χ4v) is 2.77. The van der Waals surface area contributed by atoms with Gasteiger partial charge < -0.3 is 5.32 Å². The summed E-state index contributed by atoms with van der Waals surface area (Å²) >= 11 is 0. The van der Waals surface area contributed by atoms with Crippen LogP contribution in [0.5, 0.6) is 0 Å². The first-order valence-electron chi connectivity index (χ1n) is 8.09. The zero-order valence-electron chi connectivity index (χ0n) is 13.9. The molecule has 3 rings (SSSR count). The Kier molecular flexibility index (Phi) is 4.71. The van der Waals surface area contributed by atoms with Crippen LogP contribution in [0.2, 0.25) is 0 Å². The van der Waals surface area contributed by atoms with Gasteiger partial charge in [-0.15, -0.1) is 0 Å². The van der Waals surface area contributed by atoms with Gasteiger partial charge in [-0.3, -0.25) is 9.78 Å². The number of carbonyl (C=O) groups excluding carboxylic acids is 1. The van der Waals surface area contributed by atoms with Crippen LogP contribution in [0.3, 0.4) is 0 Å². The van der Waals surface area contributed by atoms with Crippen LogP contribution < -0.4 is 5.32 Å². The van der Waals surface area contributed by atoms with Gasteiger partial charge >= 0.3 is 0 Å². The highest BCUT2D eigenvalue weighted by atomic mass is 16.1. The smallest absolute Gasteiger partial charge is 0.256 e. The lowest BCUT2D eigenvalue weighted by atomic mass is 9.98. The molecule has 0 radical (unpaired) electrons. The first-order chi connectivity index (χ1) is 11.7. The second kappa shape index (κ2) is 7.09. The van der Waals surface area contributed by atoms with Crippen LogP contribution in [-0.2, 0) is 6.42 Å². The lowest BCUT2D eigenvalue weighted by molar-refractivity contribution is 0.102. The maximum Gasteiger partial charge on any atom is 0.256 e. The van der Waals surface area contributed by atoms with Gasteiger partial charge in [0.2, 0.25) is 0 Å². The molecule has 0 spiro atoms. The van der Waals surface area contributed by atoms with E-state index in [4.69, 9.17) is 0 Å². The zero-order chi connectivity index (χ0) is 16.9. The molecule has 0 unspecified atom stereocenters. The summed E-state index contributed by atoms with van der Waals surface area (Å²) in [6.45, 7) is 4.04. The van der Waals surface area contributed by atoms with E-state index in [0.717, 1.165) is 23.2 Å². The highest BCUT2D eigenvalue weighted by molar-refractivity contribution is 6.05. The topological polar surface area (TPSA) is 42.0 Å². The van der Waals surface area contributed by atoms with Crippen LogP contribution in [0.1, 0.15) is 28.4 Å². The van der Waals surface area contributed by atoms with Gasteiger partial charge in [-0.1, -0.05) is 43.3 Å². The second-order valence-electron chi connectivity index (χ2n) is 5.73. The number of aryl methyl sites for hydroxylation is 2. The Hall–Kier alpha value is -2.94. The third kappa shape index (κ3) is 3.35. The molecule has 0 aliphatic carbocycles. The Morgan fingerprint density at radius 2 is 1.79 bits per heavy atom. The number of pyridine rings is 1. The van der Waals surface area contributed by atoms with Crippen molar-refractivity contribution in [2.75, 3.05) is 5.32 Å². The molecule has 0 fully saturated rings. The van der Waals surface area contributed by atoms with E-state index in [2.05, 4.69) is 41.5 Å². The molecule has 0 saturated carbocycles. The molecule has 24 heavy (non-hydrogen) atoms. The Morgan fingerprint density at radius 1 is 1.04 bits per heavy atom. The van der Waals surface area contributed by atoms with Gasteiger partial charge in [-0.05, 0) is 53.8 Å². The van der Waals surface area contributed by atoms with Crippen molar-refractivity contribution in [2.24, 2.45) is 0 Å². The van der Waals surface area contributed by atoms with Gasteiger partial charge in [-0.2, -0.15) is 0 Å². The fraction of sp³-hybridized carbons (Fsp3) is 0.143. The SMILES string of the molecule is CCc1ccccc1-c1ccc(NC(=O)c2ccncc2C)cc1. The highest BCUT2D eigenvalue weighted by Gasteiger charge is 2.09. The lowest BCUT2D eigenvalue weighted by Crippen LogP contribution is -2.13. The predicted molar refractivity (Wildman–Crippen MR) is 98.2 cm³/mol. The molecule has 1 amide bonds. The Morgan fingerprint density at radius 3 is 2.50 bits per heavy atom. The standard InChI is InChI=1S/C21H20N2O/c1-3-16-6-4-5-7-20(16)17-8-10-18(11-9-17)23-21(24)19-12-13-22-14-15(19)2/h4-14H,3H2,1-2H3,(H,23,24). The van der Waals surface area contributed by atoms with Gasteiger partial charge in [0.1, 0.15) is 0 Å². The summed E-state index contributed by atoms with van der Waals surface area (Å²) in [7, 11) is 0. The average molecular weight is 316 g/mol. The molecule has 1 heterocycles. The quantitative estimate of drug-likeness (QED) is 0.746. The molecule has 120 valence electrons. The number of hydrogen-bond donors (Lipinski definition) is 1. The maximum atomic E-state index is 12.4. The monoisotopic (exact) mass is 316 g/mol. The minimum Gasteiger partial charge on any atom is -0.322 e. The first kappa shape index (κ1) is 15.9. The minimum absolute atomic E-state index is 0.114. The first-order valence-corrected chi connectivity index (χ1v) is 8.09. The molecule has 0 bridgehead atoms. The van der Waals surface area contributed by atoms with Gasteiger partial charge in [-0.25, -0.2) is 0 Å². The molecule has 0 saturated heterocycles. The van der Waals surface area contributed by atoms with E-state index in [1.54, 1.807) is 18.5 Å². The van der Waals surface area contributed by atoms with Crippen molar-refractivity contribution >= 4 is 11.6 Å². The molecule has 0 aliphatic heterocycles. The number of rotatable bonds is 4. The third-order valence-electron chi connectivity index (χ3n) is 4.12. The maximum absolute atomic E-state index is 12.4. The van der Waals surface area contributed by atoms with Crippen LogP contribution in [0.25, 0.3) is 11.1 Å². The van der Waals surface area contributed by atoms with E-state index >= 15 is 0 Å². The summed E-state index contributed by atoms with van der Waals surface area (Å²) in [5, 5.41) is 2.94. The predicted octanol–water partition coefficient (Wildman–Crippen LogP) is 4.87. The number of amides is 1. The number of aromatic nitrogens is 1. The largest absolute Gasteiger partial charge is 0.322 e. The lowest BCUT2D eigenvalue weighted by Gasteiger charge is -2.10. The van der Waals surface area contributed by atoms with E-state index in [1.807, 2.05) is 31.2 Å². The van der Waals surface area contributed by atoms with E-state index in [-0.39, 0.29) is 5.91 Å². The van der Waals surface area contributed by atoms with Crippen molar-refractivity contribution in [2.45, 2.75) is 20.3 Å². The van der Waals surface area contributed by atoms with Gasteiger partial charge in [0.15, 0.2) is 0 Å². The fourth-order valence-electron chi connectivity index (χ4n) is 2.77. The number of nitrogens with zero attached hydrogens (tertiary/aromatic N) is 1. The van der Waals surface area contributed by atoms with Crippen LogP contribution in [0.4, 0.5) is 5.69 Å². The summed E-state index contributed by atoms with van der Waals surface area (Å²) in [6, 6.07) is 18.1.